The van der Waals surface area contributed by atoms with E-state index in [0.29, 0.717) is 11.6 Å². The van der Waals surface area contributed by atoms with Crippen molar-refractivity contribution in [2.75, 3.05) is 0 Å². The quantitative estimate of drug-likeness (QED) is 0.800. The van der Waals surface area contributed by atoms with Crippen molar-refractivity contribution in [1.82, 2.24) is 9.38 Å². The number of carbonyl (C=O) groups is 1. The first-order chi connectivity index (χ1) is 9.81. The molecule has 2 heterocycles. The molecule has 0 atom stereocenters. The Bertz CT molecular complexity index is 675. The molecule has 0 spiro atoms. The number of carbonyl (C=O) groups excluding carboxylic acids is 1. The van der Waals surface area contributed by atoms with Gasteiger partial charge in [0, 0.05) is 12.1 Å². The Hall–Kier alpha value is -2.15. The molecular formula is C16H17N3O. The summed E-state index contributed by atoms with van der Waals surface area (Å²) in [6.45, 7) is 0. The lowest BCUT2D eigenvalue weighted by Crippen LogP contribution is -2.08. The summed E-state index contributed by atoms with van der Waals surface area (Å²) in [5.41, 5.74) is 1.28. The summed E-state index contributed by atoms with van der Waals surface area (Å²) in [4.78, 5) is 16.7. The Morgan fingerprint density at radius 3 is 2.90 bits per heavy atom. The van der Waals surface area contributed by atoms with E-state index in [4.69, 9.17) is 5.26 Å². The number of nitrogens with zero attached hydrogens (tertiary/aromatic N) is 3. The van der Waals surface area contributed by atoms with Crippen molar-refractivity contribution in [3.05, 3.63) is 35.9 Å². The Balaban J connectivity index is 2.08. The molecule has 0 aromatic carbocycles. The lowest BCUT2D eigenvalue weighted by atomic mass is 9.89. The van der Waals surface area contributed by atoms with Gasteiger partial charge in [0.15, 0.2) is 5.78 Å². The number of hydrogen-bond acceptors (Lipinski definition) is 3. The summed E-state index contributed by atoms with van der Waals surface area (Å²) >= 11 is 0. The normalized spacial score (nSPS) is 16.1. The van der Waals surface area contributed by atoms with Crippen molar-refractivity contribution >= 4 is 11.3 Å². The number of Topliss-reactive ketones (excluding diaryl/α,β-unsaturated/α-hetero) is 1. The van der Waals surface area contributed by atoms with Gasteiger partial charge < -0.3 is 4.40 Å². The van der Waals surface area contributed by atoms with E-state index in [1.54, 1.807) is 0 Å². The minimum atomic E-state index is -0.182. The Labute approximate surface area is 118 Å². The van der Waals surface area contributed by atoms with Crippen LogP contribution in [0.25, 0.3) is 5.52 Å². The second-order valence-corrected chi connectivity index (χ2v) is 5.37. The summed E-state index contributed by atoms with van der Waals surface area (Å²) in [7, 11) is 0. The van der Waals surface area contributed by atoms with Gasteiger partial charge in [-0.1, -0.05) is 25.3 Å². The van der Waals surface area contributed by atoms with Gasteiger partial charge in [-0.25, -0.2) is 4.98 Å². The van der Waals surface area contributed by atoms with Crippen LogP contribution in [-0.4, -0.2) is 15.2 Å². The molecule has 2 aromatic heterocycles. The molecule has 1 fully saturated rings. The minimum Gasteiger partial charge on any atom is -0.303 e. The van der Waals surface area contributed by atoms with E-state index in [1.165, 1.54) is 19.3 Å². The van der Waals surface area contributed by atoms with Crippen LogP contribution < -0.4 is 0 Å². The molecule has 0 radical (unpaired) electrons. The fourth-order valence-electron chi connectivity index (χ4n) is 3.07. The van der Waals surface area contributed by atoms with E-state index >= 15 is 0 Å². The third-order valence-corrected chi connectivity index (χ3v) is 4.05. The monoisotopic (exact) mass is 267 g/mol. The summed E-state index contributed by atoms with van der Waals surface area (Å²) in [6.07, 6.45) is 7.89. The van der Waals surface area contributed by atoms with Gasteiger partial charge in [-0.2, -0.15) is 5.26 Å². The van der Waals surface area contributed by atoms with Gasteiger partial charge in [-0.3, -0.25) is 4.79 Å². The molecule has 1 saturated carbocycles. The van der Waals surface area contributed by atoms with E-state index in [9.17, 15) is 4.79 Å². The minimum absolute atomic E-state index is 0.105. The number of pyridine rings is 1. The highest BCUT2D eigenvalue weighted by Gasteiger charge is 2.24. The predicted molar refractivity (Wildman–Crippen MR) is 75.6 cm³/mol. The number of nitriles is 1. The largest absolute Gasteiger partial charge is 0.303 e. The van der Waals surface area contributed by atoms with Crippen molar-refractivity contribution < 1.29 is 4.79 Å². The average molecular weight is 267 g/mol. The van der Waals surface area contributed by atoms with Gasteiger partial charge in [-0.15, -0.1) is 0 Å². The number of hydrogen-bond donors (Lipinski definition) is 0. The van der Waals surface area contributed by atoms with Gasteiger partial charge in [0.2, 0.25) is 0 Å². The number of ketones is 1. The highest BCUT2D eigenvalue weighted by atomic mass is 16.1. The van der Waals surface area contributed by atoms with E-state index in [2.05, 4.69) is 4.98 Å². The summed E-state index contributed by atoms with van der Waals surface area (Å²) in [6, 6.07) is 7.69. The third kappa shape index (κ3) is 2.20. The van der Waals surface area contributed by atoms with E-state index in [1.807, 2.05) is 34.9 Å². The lowest BCUT2D eigenvalue weighted by molar-refractivity contribution is 0.0995. The van der Waals surface area contributed by atoms with Crippen molar-refractivity contribution in [2.24, 2.45) is 0 Å². The number of imidazole rings is 1. The van der Waals surface area contributed by atoms with E-state index < -0.39 is 0 Å². The zero-order valence-corrected chi connectivity index (χ0v) is 11.4. The number of aromatic nitrogens is 2. The van der Waals surface area contributed by atoms with Crippen molar-refractivity contribution in [3.63, 3.8) is 0 Å². The maximum Gasteiger partial charge on any atom is 0.197 e. The fourth-order valence-corrected chi connectivity index (χ4v) is 3.07. The number of fused-ring (bicyclic) bond motifs is 1. The second-order valence-electron chi connectivity index (χ2n) is 5.37. The summed E-state index contributed by atoms with van der Waals surface area (Å²) in [5.74, 6) is 1.24. The SMILES string of the molecule is N#CCC(=O)c1nc(C2CCCCC2)n2ccccc12. The molecule has 102 valence electrons. The molecule has 1 aliphatic carbocycles. The molecule has 4 heteroatoms. The molecule has 3 rings (SSSR count). The zero-order valence-electron chi connectivity index (χ0n) is 11.4. The summed E-state index contributed by atoms with van der Waals surface area (Å²) < 4.78 is 2.03. The molecule has 0 bridgehead atoms. The summed E-state index contributed by atoms with van der Waals surface area (Å²) in [5, 5.41) is 8.72. The Morgan fingerprint density at radius 2 is 2.15 bits per heavy atom. The fraction of sp³-hybridized carbons (Fsp3) is 0.438. The Kier molecular flexibility index (Phi) is 3.51. The van der Waals surface area contributed by atoms with Gasteiger partial charge in [0.05, 0.1) is 11.6 Å². The van der Waals surface area contributed by atoms with Crippen LogP contribution in [0.15, 0.2) is 24.4 Å². The smallest absolute Gasteiger partial charge is 0.197 e. The van der Waals surface area contributed by atoms with Crippen LogP contribution in [0, 0.1) is 11.3 Å². The first-order valence-corrected chi connectivity index (χ1v) is 7.18. The highest BCUT2D eigenvalue weighted by molar-refractivity contribution is 6.01. The maximum absolute atomic E-state index is 12.1. The lowest BCUT2D eigenvalue weighted by Gasteiger charge is -2.20. The van der Waals surface area contributed by atoms with Gasteiger partial charge in [-0.05, 0) is 25.0 Å². The van der Waals surface area contributed by atoms with Crippen LogP contribution >= 0.6 is 0 Å². The van der Waals surface area contributed by atoms with Crippen LogP contribution in [0.4, 0.5) is 0 Å². The molecule has 20 heavy (non-hydrogen) atoms. The molecule has 0 amide bonds. The maximum atomic E-state index is 12.1. The highest BCUT2D eigenvalue weighted by Crippen LogP contribution is 2.33. The number of rotatable bonds is 3. The van der Waals surface area contributed by atoms with E-state index in [0.717, 1.165) is 24.2 Å². The van der Waals surface area contributed by atoms with Crippen molar-refractivity contribution in [2.45, 2.75) is 44.4 Å². The Morgan fingerprint density at radius 1 is 1.35 bits per heavy atom. The topological polar surface area (TPSA) is 58.2 Å². The van der Waals surface area contributed by atoms with Crippen molar-refractivity contribution in [1.29, 1.82) is 5.26 Å². The van der Waals surface area contributed by atoms with Crippen LogP contribution in [-0.2, 0) is 0 Å². The predicted octanol–water partition coefficient (Wildman–Crippen LogP) is 3.48. The van der Waals surface area contributed by atoms with Gasteiger partial charge in [0.1, 0.15) is 17.9 Å². The van der Waals surface area contributed by atoms with Crippen molar-refractivity contribution in [3.8, 4) is 6.07 Å². The second kappa shape index (κ2) is 5.46. The van der Waals surface area contributed by atoms with Crippen LogP contribution in [0.1, 0.15) is 60.8 Å². The molecule has 0 aliphatic heterocycles. The molecule has 0 saturated heterocycles. The zero-order chi connectivity index (χ0) is 13.9. The van der Waals surface area contributed by atoms with Crippen LogP contribution in [0.5, 0.6) is 0 Å². The first-order valence-electron chi connectivity index (χ1n) is 7.18. The first kappa shape index (κ1) is 12.9. The van der Waals surface area contributed by atoms with E-state index in [-0.39, 0.29) is 12.2 Å². The average Bonchev–Trinajstić information content (AvgIpc) is 2.88. The molecule has 0 unspecified atom stereocenters. The van der Waals surface area contributed by atoms with Gasteiger partial charge in [0.25, 0.3) is 0 Å². The third-order valence-electron chi connectivity index (χ3n) is 4.05. The molecule has 2 aromatic rings. The van der Waals surface area contributed by atoms with Crippen LogP contribution in [0.3, 0.4) is 0 Å². The van der Waals surface area contributed by atoms with Crippen LogP contribution in [0.2, 0.25) is 0 Å². The molecular weight excluding hydrogens is 250 g/mol. The standard InChI is InChI=1S/C16H17N3O/c17-10-9-14(20)15-13-8-4-5-11-19(13)16(18-15)12-6-2-1-3-7-12/h4-5,8,11-12H,1-3,6-7,9H2. The molecule has 4 nitrogen and oxygen atoms in total. The molecule has 1 aliphatic rings. The van der Waals surface area contributed by atoms with Gasteiger partial charge >= 0.3 is 0 Å². The molecule has 0 N–H and O–H groups in total.